The summed E-state index contributed by atoms with van der Waals surface area (Å²) in [5.74, 6) is 1.01. The lowest BCUT2D eigenvalue weighted by Crippen LogP contribution is -2.36. The number of carbonyl (C=O) groups excluding carboxylic acids is 1. The zero-order chi connectivity index (χ0) is 26.5. The SMILES string of the molecule is COc1cc(C=Nc2sc3c(c2C(=O)NC2CCCCC2)CCCC3)cc(Cl)c1OCc1ccc(Cl)cc1. The summed E-state index contributed by atoms with van der Waals surface area (Å²) in [6.07, 6.45) is 11.7. The van der Waals surface area contributed by atoms with Gasteiger partial charge >= 0.3 is 0 Å². The van der Waals surface area contributed by atoms with Gasteiger partial charge < -0.3 is 14.8 Å². The van der Waals surface area contributed by atoms with Gasteiger partial charge in [-0.2, -0.15) is 0 Å². The maximum atomic E-state index is 13.4. The quantitative estimate of drug-likeness (QED) is 0.277. The Hall–Kier alpha value is -2.54. The maximum absolute atomic E-state index is 13.4. The molecule has 0 atom stereocenters. The number of hydrogen-bond donors (Lipinski definition) is 1. The van der Waals surface area contributed by atoms with Crippen molar-refractivity contribution in [3.8, 4) is 11.5 Å². The van der Waals surface area contributed by atoms with E-state index < -0.39 is 0 Å². The van der Waals surface area contributed by atoms with Crippen molar-refractivity contribution >= 4 is 51.7 Å². The first-order valence-corrected chi connectivity index (χ1v) is 14.8. The topological polar surface area (TPSA) is 59.9 Å². The average molecular weight is 572 g/mol. The molecule has 1 amide bonds. The van der Waals surface area contributed by atoms with Crippen molar-refractivity contribution in [3.05, 3.63) is 73.6 Å². The minimum atomic E-state index is 0.0185. The number of aryl methyl sites for hydroxylation is 1. The molecule has 5 nitrogen and oxygen atoms in total. The molecule has 1 heterocycles. The van der Waals surface area contributed by atoms with E-state index in [0.717, 1.165) is 60.2 Å². The second-order valence-corrected chi connectivity index (χ2v) is 11.8. The van der Waals surface area contributed by atoms with Crippen LogP contribution in [0.2, 0.25) is 10.0 Å². The summed E-state index contributed by atoms with van der Waals surface area (Å²) in [5, 5.41) is 5.18. The molecule has 0 aliphatic heterocycles. The molecule has 1 aromatic heterocycles. The molecule has 1 N–H and O–H groups in total. The molecule has 5 rings (SSSR count). The van der Waals surface area contributed by atoms with Crippen LogP contribution in [0.4, 0.5) is 5.00 Å². The number of methoxy groups -OCH3 is 1. The maximum Gasteiger partial charge on any atom is 0.254 e. The van der Waals surface area contributed by atoms with Crippen LogP contribution in [-0.2, 0) is 19.4 Å². The van der Waals surface area contributed by atoms with Crippen molar-refractivity contribution in [2.75, 3.05) is 7.11 Å². The number of hydrogen-bond acceptors (Lipinski definition) is 5. The molecule has 0 bridgehead atoms. The fraction of sp³-hybridized carbons (Fsp3) is 0.400. The third-order valence-electron chi connectivity index (χ3n) is 7.20. The first kappa shape index (κ1) is 27.0. The summed E-state index contributed by atoms with van der Waals surface area (Å²) in [7, 11) is 1.59. The molecular formula is C30H32Cl2N2O3S. The van der Waals surface area contributed by atoms with Crippen LogP contribution < -0.4 is 14.8 Å². The van der Waals surface area contributed by atoms with Crippen molar-refractivity contribution in [2.45, 2.75) is 70.4 Å². The smallest absolute Gasteiger partial charge is 0.254 e. The lowest BCUT2D eigenvalue weighted by atomic mass is 9.93. The molecule has 1 saturated carbocycles. The van der Waals surface area contributed by atoms with E-state index in [1.54, 1.807) is 30.7 Å². The zero-order valence-corrected chi connectivity index (χ0v) is 23.9. The summed E-state index contributed by atoms with van der Waals surface area (Å²) in [4.78, 5) is 19.5. The third-order valence-corrected chi connectivity index (χ3v) is 8.93. The lowest BCUT2D eigenvalue weighted by molar-refractivity contribution is 0.0927. The molecular weight excluding hydrogens is 539 g/mol. The van der Waals surface area contributed by atoms with E-state index in [-0.39, 0.29) is 11.9 Å². The van der Waals surface area contributed by atoms with Crippen molar-refractivity contribution in [1.82, 2.24) is 5.32 Å². The molecule has 0 unspecified atom stereocenters. The summed E-state index contributed by atoms with van der Waals surface area (Å²) >= 11 is 14.2. The molecule has 1 fully saturated rings. The van der Waals surface area contributed by atoms with Crippen molar-refractivity contribution in [2.24, 2.45) is 4.99 Å². The predicted octanol–water partition coefficient (Wildman–Crippen LogP) is 8.33. The number of thiophene rings is 1. The number of amides is 1. The van der Waals surface area contributed by atoms with Gasteiger partial charge in [-0.1, -0.05) is 54.6 Å². The number of carbonyl (C=O) groups is 1. The summed E-state index contributed by atoms with van der Waals surface area (Å²) in [6, 6.07) is 11.4. The van der Waals surface area contributed by atoms with Crippen LogP contribution in [0, 0.1) is 0 Å². The van der Waals surface area contributed by atoms with Gasteiger partial charge in [-0.25, -0.2) is 4.99 Å². The van der Waals surface area contributed by atoms with Gasteiger partial charge in [-0.3, -0.25) is 4.79 Å². The van der Waals surface area contributed by atoms with Crippen LogP contribution in [0.3, 0.4) is 0 Å². The molecule has 2 aliphatic carbocycles. The average Bonchev–Trinajstić information content (AvgIpc) is 3.31. The van der Waals surface area contributed by atoms with Gasteiger partial charge in [-0.05, 0) is 79.5 Å². The molecule has 0 saturated heterocycles. The van der Waals surface area contributed by atoms with E-state index in [9.17, 15) is 4.79 Å². The molecule has 8 heteroatoms. The normalized spacial score (nSPS) is 15.9. The summed E-state index contributed by atoms with van der Waals surface area (Å²) < 4.78 is 11.6. The Bertz CT molecular complexity index is 1310. The van der Waals surface area contributed by atoms with E-state index in [4.69, 9.17) is 37.7 Å². The van der Waals surface area contributed by atoms with Crippen LogP contribution in [0.5, 0.6) is 11.5 Å². The van der Waals surface area contributed by atoms with Crippen LogP contribution in [-0.4, -0.2) is 25.3 Å². The van der Waals surface area contributed by atoms with Gasteiger partial charge in [0.05, 0.1) is 17.7 Å². The van der Waals surface area contributed by atoms with Gasteiger partial charge in [0.15, 0.2) is 11.5 Å². The first-order chi connectivity index (χ1) is 18.5. The number of halogens is 2. The van der Waals surface area contributed by atoms with Crippen molar-refractivity contribution in [1.29, 1.82) is 0 Å². The lowest BCUT2D eigenvalue weighted by Gasteiger charge is -2.23. The molecule has 0 radical (unpaired) electrons. The second-order valence-electron chi connectivity index (χ2n) is 9.91. The molecule has 2 aromatic carbocycles. The molecule has 3 aromatic rings. The number of fused-ring (bicyclic) bond motifs is 1. The number of aliphatic imine (C=N–C) groups is 1. The second kappa shape index (κ2) is 12.5. The number of nitrogens with zero attached hydrogens (tertiary/aromatic N) is 1. The Morgan fingerprint density at radius 3 is 2.61 bits per heavy atom. The monoisotopic (exact) mass is 570 g/mol. The molecule has 2 aliphatic rings. The van der Waals surface area contributed by atoms with Crippen LogP contribution in [0.15, 0.2) is 41.4 Å². The van der Waals surface area contributed by atoms with Crippen LogP contribution >= 0.6 is 34.5 Å². The van der Waals surface area contributed by atoms with Crippen LogP contribution in [0.25, 0.3) is 0 Å². The summed E-state index contributed by atoms with van der Waals surface area (Å²) in [6.45, 7) is 0.334. The fourth-order valence-corrected chi connectivity index (χ4v) is 6.83. The fourth-order valence-electron chi connectivity index (χ4n) is 5.20. The van der Waals surface area contributed by atoms with Crippen molar-refractivity contribution in [3.63, 3.8) is 0 Å². The van der Waals surface area contributed by atoms with Crippen LogP contribution in [0.1, 0.15) is 76.9 Å². The Morgan fingerprint density at radius 2 is 1.84 bits per heavy atom. The Balaban J connectivity index is 1.37. The Kier molecular flexibility index (Phi) is 8.93. The number of ether oxygens (including phenoxy) is 2. The van der Waals surface area contributed by atoms with Gasteiger partial charge in [0.2, 0.25) is 0 Å². The summed E-state index contributed by atoms with van der Waals surface area (Å²) in [5.41, 5.74) is 3.69. The Morgan fingerprint density at radius 1 is 1.08 bits per heavy atom. The highest BCUT2D eigenvalue weighted by atomic mass is 35.5. The molecule has 200 valence electrons. The third kappa shape index (κ3) is 6.36. The molecule has 0 spiro atoms. The highest BCUT2D eigenvalue weighted by Gasteiger charge is 2.27. The van der Waals surface area contributed by atoms with Gasteiger partial charge in [0.1, 0.15) is 11.6 Å². The molecule has 38 heavy (non-hydrogen) atoms. The van der Waals surface area contributed by atoms with E-state index in [0.29, 0.717) is 28.2 Å². The standard InChI is InChI=1S/C30H32Cl2N2O3S/c1-36-25-16-20(15-24(32)28(25)37-18-19-11-13-21(31)14-12-19)17-33-30-27(23-9-5-6-10-26(23)38-30)29(35)34-22-7-3-2-4-8-22/h11-17,22H,2-10,18H2,1H3,(H,34,35). The minimum absolute atomic E-state index is 0.0185. The van der Waals surface area contributed by atoms with E-state index >= 15 is 0 Å². The highest BCUT2D eigenvalue weighted by molar-refractivity contribution is 7.16. The van der Waals surface area contributed by atoms with E-state index in [1.807, 2.05) is 30.3 Å². The van der Waals surface area contributed by atoms with Crippen molar-refractivity contribution < 1.29 is 14.3 Å². The van der Waals surface area contributed by atoms with E-state index in [2.05, 4.69) is 5.32 Å². The minimum Gasteiger partial charge on any atom is -0.493 e. The Labute approximate surface area is 238 Å². The highest BCUT2D eigenvalue weighted by Crippen LogP contribution is 2.41. The zero-order valence-electron chi connectivity index (χ0n) is 21.5. The number of benzene rings is 2. The first-order valence-electron chi connectivity index (χ1n) is 13.3. The number of rotatable bonds is 8. The van der Waals surface area contributed by atoms with Gasteiger partial charge in [0, 0.05) is 22.2 Å². The van der Waals surface area contributed by atoms with Gasteiger partial charge in [-0.15, -0.1) is 11.3 Å². The number of nitrogens with one attached hydrogen (secondary N) is 1. The largest absolute Gasteiger partial charge is 0.493 e. The predicted molar refractivity (Wildman–Crippen MR) is 156 cm³/mol. The van der Waals surface area contributed by atoms with E-state index in [1.165, 1.54) is 29.7 Å². The van der Waals surface area contributed by atoms with Gasteiger partial charge in [0.25, 0.3) is 5.91 Å².